The molecule has 0 N–H and O–H groups in total. The largest absolute Gasteiger partial charge is 0.265 e. The predicted octanol–water partition coefficient (Wildman–Crippen LogP) is 2.60. The highest BCUT2D eigenvalue weighted by molar-refractivity contribution is 5.27. The first kappa shape index (κ1) is 8.91. The third-order valence-electron chi connectivity index (χ3n) is 2.11. The molecule has 0 spiro atoms. The minimum Gasteiger partial charge on any atom is -0.265 e. The number of rotatable bonds is 2. The highest BCUT2D eigenvalue weighted by atomic mass is 16.3. The summed E-state index contributed by atoms with van der Waals surface area (Å²) in [6.45, 7) is 0. The molecule has 2 heteroatoms. The van der Waals surface area contributed by atoms with Gasteiger partial charge in [-0.2, -0.15) is 0 Å². The molecular weight excluding hydrogens is 174 g/mol. The molecule has 0 bridgehead atoms. The van der Waals surface area contributed by atoms with E-state index in [4.69, 9.17) is 0 Å². The number of nitrogens with zero attached hydrogens (tertiary/aromatic N) is 1. The molecule has 14 heavy (non-hydrogen) atoms. The van der Waals surface area contributed by atoms with Crippen LogP contribution in [0.4, 0.5) is 0 Å². The van der Waals surface area contributed by atoms with E-state index in [0.717, 1.165) is 11.1 Å². The van der Waals surface area contributed by atoms with Gasteiger partial charge in [0.2, 0.25) is 0 Å². The summed E-state index contributed by atoms with van der Waals surface area (Å²) in [6.07, 6.45) is 2.48. The summed E-state index contributed by atoms with van der Waals surface area (Å²) in [5, 5.41) is 11.9. The second kappa shape index (κ2) is 4.03. The van der Waals surface area contributed by atoms with Gasteiger partial charge >= 0.3 is 0 Å². The van der Waals surface area contributed by atoms with Crippen LogP contribution in [-0.4, -0.2) is 4.98 Å². The number of hydrogen-bond donors (Lipinski definition) is 0. The van der Waals surface area contributed by atoms with Gasteiger partial charge in [-0.1, -0.05) is 30.3 Å². The smallest absolute Gasteiger partial charge is 0.143 e. The van der Waals surface area contributed by atoms with Gasteiger partial charge in [0.1, 0.15) is 6.10 Å². The quantitative estimate of drug-likeness (QED) is 0.706. The fraction of sp³-hybridized carbons (Fsp3) is 0.0833. The lowest BCUT2D eigenvalue weighted by Gasteiger charge is -2.07. The first-order valence-electron chi connectivity index (χ1n) is 4.48. The Bertz CT molecular complexity index is 346. The Morgan fingerprint density at radius 2 is 1.43 bits per heavy atom. The Morgan fingerprint density at radius 3 is 2.07 bits per heavy atom. The van der Waals surface area contributed by atoms with Crippen molar-refractivity contribution < 1.29 is 5.11 Å². The molecule has 1 atom stereocenters. The average molecular weight is 184 g/mol. The zero-order chi connectivity index (χ0) is 9.80. The van der Waals surface area contributed by atoms with E-state index in [2.05, 4.69) is 4.98 Å². The molecule has 0 aliphatic rings. The Balaban J connectivity index is 2.30. The molecule has 69 valence electrons. The van der Waals surface area contributed by atoms with Crippen molar-refractivity contribution in [2.45, 2.75) is 6.10 Å². The molecule has 1 unspecified atom stereocenters. The number of pyridine rings is 1. The summed E-state index contributed by atoms with van der Waals surface area (Å²) in [4.78, 5) is 3.88. The standard InChI is InChI=1S/C12H10NO/c14-12(10-4-2-1-3-5-10)11-6-8-13-9-7-11/h1-9,12H. The van der Waals surface area contributed by atoms with Crippen LogP contribution in [0, 0.1) is 0 Å². The van der Waals surface area contributed by atoms with Gasteiger partial charge in [0.05, 0.1) is 0 Å². The van der Waals surface area contributed by atoms with Crippen molar-refractivity contribution in [2.24, 2.45) is 0 Å². The van der Waals surface area contributed by atoms with Crippen LogP contribution in [0.25, 0.3) is 0 Å². The third-order valence-corrected chi connectivity index (χ3v) is 2.11. The van der Waals surface area contributed by atoms with Crippen LogP contribution >= 0.6 is 0 Å². The van der Waals surface area contributed by atoms with Crippen molar-refractivity contribution in [1.29, 1.82) is 0 Å². The first-order chi connectivity index (χ1) is 6.88. The fourth-order valence-electron chi connectivity index (χ4n) is 1.36. The zero-order valence-electron chi connectivity index (χ0n) is 7.63. The van der Waals surface area contributed by atoms with E-state index >= 15 is 0 Å². The van der Waals surface area contributed by atoms with Gasteiger partial charge in [-0.15, -0.1) is 0 Å². The maximum atomic E-state index is 11.9. The number of aromatic nitrogens is 1. The lowest BCUT2D eigenvalue weighted by atomic mass is 10.0. The molecule has 1 aromatic carbocycles. The topological polar surface area (TPSA) is 32.8 Å². The van der Waals surface area contributed by atoms with E-state index in [9.17, 15) is 5.11 Å². The molecular formula is C12H10NO. The van der Waals surface area contributed by atoms with Crippen LogP contribution in [0.3, 0.4) is 0 Å². The second-order valence-electron chi connectivity index (χ2n) is 3.07. The number of benzene rings is 1. The Labute approximate surface area is 82.9 Å². The molecule has 2 rings (SSSR count). The normalized spacial score (nSPS) is 12.4. The van der Waals surface area contributed by atoms with Crippen molar-refractivity contribution in [2.75, 3.05) is 0 Å². The number of hydrogen-bond acceptors (Lipinski definition) is 1. The summed E-state index contributed by atoms with van der Waals surface area (Å²) in [5.74, 6) is 0. The fourth-order valence-corrected chi connectivity index (χ4v) is 1.36. The summed E-state index contributed by atoms with van der Waals surface area (Å²) in [6, 6.07) is 12.9. The van der Waals surface area contributed by atoms with Crippen LogP contribution in [0.2, 0.25) is 0 Å². The third kappa shape index (κ3) is 1.80. The summed E-state index contributed by atoms with van der Waals surface area (Å²) < 4.78 is 0. The van der Waals surface area contributed by atoms with Crippen molar-refractivity contribution in [3.8, 4) is 0 Å². The first-order valence-corrected chi connectivity index (χ1v) is 4.48. The highest BCUT2D eigenvalue weighted by Crippen LogP contribution is 2.20. The minimum absolute atomic E-state index is 0.756. The van der Waals surface area contributed by atoms with Crippen LogP contribution in [0.15, 0.2) is 54.9 Å². The van der Waals surface area contributed by atoms with E-state index in [-0.39, 0.29) is 0 Å². The molecule has 0 saturated heterocycles. The molecule has 0 amide bonds. The van der Waals surface area contributed by atoms with Gasteiger partial charge in [-0.25, -0.2) is 5.11 Å². The minimum atomic E-state index is -0.806. The van der Waals surface area contributed by atoms with E-state index in [1.54, 1.807) is 24.5 Å². The lowest BCUT2D eigenvalue weighted by molar-refractivity contribution is 0.124. The monoisotopic (exact) mass is 184 g/mol. The predicted molar refractivity (Wildman–Crippen MR) is 53.2 cm³/mol. The van der Waals surface area contributed by atoms with E-state index in [0.29, 0.717) is 0 Å². The molecule has 1 radical (unpaired) electrons. The van der Waals surface area contributed by atoms with Crippen LogP contribution in [0.5, 0.6) is 0 Å². The van der Waals surface area contributed by atoms with Gasteiger partial charge in [0.15, 0.2) is 0 Å². The van der Waals surface area contributed by atoms with Crippen LogP contribution in [0.1, 0.15) is 17.2 Å². The average Bonchev–Trinajstić information content (AvgIpc) is 2.30. The van der Waals surface area contributed by atoms with Crippen molar-refractivity contribution in [1.82, 2.24) is 4.98 Å². The van der Waals surface area contributed by atoms with Gasteiger partial charge in [0.25, 0.3) is 0 Å². The SMILES string of the molecule is [O]C(c1ccccc1)c1ccncc1. The summed E-state index contributed by atoms with van der Waals surface area (Å²) in [7, 11) is 0. The highest BCUT2D eigenvalue weighted by Gasteiger charge is 2.10. The van der Waals surface area contributed by atoms with Crippen LogP contribution < -0.4 is 0 Å². The van der Waals surface area contributed by atoms with Gasteiger partial charge in [-0.3, -0.25) is 4.98 Å². The van der Waals surface area contributed by atoms with Gasteiger partial charge in [-0.05, 0) is 23.3 Å². The van der Waals surface area contributed by atoms with Crippen molar-refractivity contribution in [3.63, 3.8) is 0 Å². The summed E-state index contributed by atoms with van der Waals surface area (Å²) >= 11 is 0. The maximum Gasteiger partial charge on any atom is 0.143 e. The van der Waals surface area contributed by atoms with Crippen LogP contribution in [-0.2, 0) is 5.11 Å². The molecule has 2 nitrogen and oxygen atoms in total. The maximum absolute atomic E-state index is 11.9. The van der Waals surface area contributed by atoms with Crippen molar-refractivity contribution in [3.05, 3.63) is 66.0 Å². The Morgan fingerprint density at radius 1 is 0.857 bits per heavy atom. The zero-order valence-corrected chi connectivity index (χ0v) is 7.63. The molecule has 1 heterocycles. The molecule has 2 aromatic rings. The lowest BCUT2D eigenvalue weighted by Crippen LogP contribution is -1.97. The van der Waals surface area contributed by atoms with Crippen molar-refractivity contribution >= 4 is 0 Å². The second-order valence-corrected chi connectivity index (χ2v) is 3.07. The van der Waals surface area contributed by atoms with E-state index < -0.39 is 6.10 Å². The van der Waals surface area contributed by atoms with Gasteiger partial charge in [0, 0.05) is 12.4 Å². The van der Waals surface area contributed by atoms with Gasteiger partial charge < -0.3 is 0 Å². The molecule has 0 saturated carbocycles. The summed E-state index contributed by atoms with van der Waals surface area (Å²) in [5.41, 5.74) is 1.55. The van der Waals surface area contributed by atoms with E-state index in [1.165, 1.54) is 0 Å². The molecule has 1 aromatic heterocycles. The Hall–Kier alpha value is -1.67. The molecule has 0 fully saturated rings. The Kier molecular flexibility index (Phi) is 2.56. The molecule has 0 aliphatic heterocycles. The molecule has 0 aliphatic carbocycles. The van der Waals surface area contributed by atoms with E-state index in [1.807, 2.05) is 30.3 Å².